The van der Waals surface area contributed by atoms with E-state index in [-0.39, 0.29) is 18.2 Å². The molecule has 2 aromatic rings. The Kier molecular flexibility index (Phi) is 7.62. The Labute approximate surface area is 163 Å². The predicted octanol–water partition coefficient (Wildman–Crippen LogP) is 2.90. The number of benzene rings is 1. The number of oxime groups is 2. The Morgan fingerprint density at radius 2 is 2.04 bits per heavy atom. The zero-order valence-electron chi connectivity index (χ0n) is 16.3. The van der Waals surface area contributed by atoms with E-state index in [9.17, 15) is 9.18 Å². The standard InChI is InChI=1S/C20H23FN4O3/c1-13-7-5-9-16(19(25-27-4)20(26)22-3)17(13)12-28-24-14(2)18-15(11-21)8-6-10-23-18/h5-10H,11-12H2,1-4H3,(H,22,26)/b24-14+,25-19+. The van der Waals surface area contributed by atoms with Crippen molar-refractivity contribution >= 4 is 17.3 Å². The maximum absolute atomic E-state index is 13.1. The molecule has 0 fully saturated rings. The maximum Gasteiger partial charge on any atom is 0.273 e. The fourth-order valence-electron chi connectivity index (χ4n) is 2.65. The van der Waals surface area contributed by atoms with Crippen LogP contribution < -0.4 is 5.32 Å². The number of likely N-dealkylation sites (N-methyl/N-ethyl adjacent to an activating group) is 1. The minimum Gasteiger partial charge on any atom is -0.398 e. The Bertz CT molecular complexity index is 897. The first-order valence-corrected chi connectivity index (χ1v) is 8.62. The van der Waals surface area contributed by atoms with Crippen molar-refractivity contribution in [1.82, 2.24) is 10.3 Å². The minimum atomic E-state index is -0.638. The molecule has 1 aromatic carbocycles. The number of carbonyl (C=O) groups is 1. The number of carbonyl (C=O) groups excluding carboxylic acids is 1. The Hall–Kier alpha value is -3.29. The molecule has 0 bridgehead atoms. The molecule has 0 radical (unpaired) electrons. The van der Waals surface area contributed by atoms with E-state index in [2.05, 4.69) is 20.6 Å². The van der Waals surface area contributed by atoms with Gasteiger partial charge in [0.15, 0.2) is 5.71 Å². The van der Waals surface area contributed by atoms with Crippen LogP contribution >= 0.6 is 0 Å². The maximum atomic E-state index is 13.1. The molecule has 7 nitrogen and oxygen atoms in total. The molecule has 1 amide bonds. The lowest BCUT2D eigenvalue weighted by Crippen LogP contribution is -2.29. The van der Waals surface area contributed by atoms with Gasteiger partial charge in [0.2, 0.25) is 0 Å². The van der Waals surface area contributed by atoms with Gasteiger partial charge >= 0.3 is 0 Å². The third kappa shape index (κ3) is 4.91. The summed E-state index contributed by atoms with van der Waals surface area (Å²) in [6.07, 6.45) is 1.57. The smallest absolute Gasteiger partial charge is 0.273 e. The second-order valence-corrected chi connectivity index (χ2v) is 5.90. The highest BCUT2D eigenvalue weighted by Crippen LogP contribution is 2.18. The van der Waals surface area contributed by atoms with Crippen molar-refractivity contribution in [2.24, 2.45) is 10.3 Å². The van der Waals surface area contributed by atoms with Gasteiger partial charge in [-0.3, -0.25) is 9.78 Å². The molecule has 148 valence electrons. The summed E-state index contributed by atoms with van der Waals surface area (Å²) in [6.45, 7) is 3.05. The van der Waals surface area contributed by atoms with Gasteiger partial charge in [-0.15, -0.1) is 0 Å². The molecule has 0 aliphatic rings. The summed E-state index contributed by atoms with van der Waals surface area (Å²) in [5.74, 6) is -0.380. The molecular weight excluding hydrogens is 363 g/mol. The van der Waals surface area contributed by atoms with Crippen molar-refractivity contribution in [3.63, 3.8) is 0 Å². The van der Waals surface area contributed by atoms with Gasteiger partial charge in [0.25, 0.3) is 5.91 Å². The van der Waals surface area contributed by atoms with E-state index >= 15 is 0 Å². The van der Waals surface area contributed by atoms with Crippen molar-refractivity contribution in [2.45, 2.75) is 27.1 Å². The number of pyridine rings is 1. The van der Waals surface area contributed by atoms with Gasteiger partial charge in [-0.25, -0.2) is 4.39 Å². The molecule has 0 aliphatic carbocycles. The van der Waals surface area contributed by atoms with Crippen molar-refractivity contribution < 1.29 is 18.9 Å². The molecule has 2 rings (SSSR count). The molecule has 1 heterocycles. The van der Waals surface area contributed by atoms with E-state index in [1.165, 1.54) is 14.2 Å². The highest BCUT2D eigenvalue weighted by atomic mass is 19.1. The van der Waals surface area contributed by atoms with Crippen molar-refractivity contribution in [1.29, 1.82) is 0 Å². The Morgan fingerprint density at radius 3 is 2.71 bits per heavy atom. The molecule has 0 saturated heterocycles. The second kappa shape index (κ2) is 10.1. The summed E-state index contributed by atoms with van der Waals surface area (Å²) in [7, 11) is 2.89. The SMILES string of the molecule is CNC(=O)/C(=N/OC)c1cccc(C)c1CO/N=C(\C)c1ncccc1CF. The molecule has 0 unspecified atom stereocenters. The normalized spacial score (nSPS) is 11.9. The molecule has 0 aliphatic heterocycles. The van der Waals surface area contributed by atoms with Crippen molar-refractivity contribution in [3.05, 3.63) is 64.5 Å². The molecule has 0 spiro atoms. The van der Waals surface area contributed by atoms with Crippen LogP contribution in [0.5, 0.6) is 0 Å². The molecule has 0 saturated carbocycles. The molecule has 28 heavy (non-hydrogen) atoms. The van der Waals surface area contributed by atoms with Gasteiger partial charge in [0.05, 0.1) is 5.69 Å². The van der Waals surface area contributed by atoms with E-state index in [0.29, 0.717) is 22.5 Å². The van der Waals surface area contributed by atoms with Crippen LogP contribution in [-0.2, 0) is 27.8 Å². The van der Waals surface area contributed by atoms with Crippen LogP contribution in [0.2, 0.25) is 0 Å². The van der Waals surface area contributed by atoms with E-state index in [0.717, 1.165) is 11.1 Å². The Balaban J connectivity index is 2.29. The number of hydrogen-bond donors (Lipinski definition) is 1. The van der Waals surface area contributed by atoms with E-state index < -0.39 is 6.67 Å². The van der Waals surface area contributed by atoms with Gasteiger partial charge in [0.1, 0.15) is 26.1 Å². The lowest BCUT2D eigenvalue weighted by Gasteiger charge is -2.13. The Morgan fingerprint density at radius 1 is 1.25 bits per heavy atom. The van der Waals surface area contributed by atoms with Crippen LogP contribution in [0.3, 0.4) is 0 Å². The van der Waals surface area contributed by atoms with Crippen LogP contribution in [0.25, 0.3) is 0 Å². The highest BCUT2D eigenvalue weighted by molar-refractivity contribution is 6.45. The zero-order chi connectivity index (χ0) is 20.5. The van der Waals surface area contributed by atoms with Crippen LogP contribution in [-0.4, -0.2) is 36.5 Å². The monoisotopic (exact) mass is 386 g/mol. The third-order valence-electron chi connectivity index (χ3n) is 4.08. The lowest BCUT2D eigenvalue weighted by molar-refractivity contribution is -0.114. The first-order chi connectivity index (χ1) is 13.5. The average molecular weight is 386 g/mol. The number of rotatable bonds is 8. The number of aryl methyl sites for hydroxylation is 1. The number of halogens is 1. The lowest BCUT2D eigenvalue weighted by atomic mass is 9.98. The summed E-state index contributed by atoms with van der Waals surface area (Å²) in [5.41, 5.74) is 3.71. The molecule has 8 heteroatoms. The van der Waals surface area contributed by atoms with E-state index in [4.69, 9.17) is 9.68 Å². The number of alkyl halides is 1. The van der Waals surface area contributed by atoms with Gasteiger partial charge in [-0.2, -0.15) is 0 Å². The molecular formula is C20H23FN4O3. The van der Waals surface area contributed by atoms with Crippen molar-refractivity contribution in [2.75, 3.05) is 14.2 Å². The minimum absolute atomic E-state index is 0.0941. The second-order valence-electron chi connectivity index (χ2n) is 5.90. The summed E-state index contributed by atoms with van der Waals surface area (Å²) in [5, 5.41) is 10.5. The van der Waals surface area contributed by atoms with Crippen LogP contribution in [0.15, 0.2) is 46.8 Å². The quantitative estimate of drug-likeness (QED) is 0.558. The summed E-state index contributed by atoms with van der Waals surface area (Å²) in [6, 6.07) is 8.79. The topological polar surface area (TPSA) is 85.2 Å². The first kappa shape index (κ1) is 21.0. The van der Waals surface area contributed by atoms with E-state index in [1.54, 1.807) is 31.3 Å². The average Bonchev–Trinajstić information content (AvgIpc) is 2.72. The highest BCUT2D eigenvalue weighted by Gasteiger charge is 2.19. The fraction of sp³-hybridized carbons (Fsp3) is 0.300. The fourth-order valence-corrected chi connectivity index (χ4v) is 2.65. The van der Waals surface area contributed by atoms with Crippen LogP contribution in [0.4, 0.5) is 4.39 Å². The summed E-state index contributed by atoms with van der Waals surface area (Å²) < 4.78 is 13.1. The van der Waals surface area contributed by atoms with Crippen molar-refractivity contribution in [3.8, 4) is 0 Å². The van der Waals surface area contributed by atoms with Gasteiger partial charge in [-0.1, -0.05) is 34.6 Å². The van der Waals surface area contributed by atoms with Gasteiger partial charge in [0, 0.05) is 29.9 Å². The number of amides is 1. The largest absolute Gasteiger partial charge is 0.398 e. The molecule has 1 N–H and O–H groups in total. The van der Waals surface area contributed by atoms with Crippen LogP contribution in [0, 0.1) is 6.92 Å². The summed E-state index contributed by atoms with van der Waals surface area (Å²) in [4.78, 5) is 26.6. The van der Waals surface area contributed by atoms with E-state index in [1.807, 2.05) is 19.1 Å². The predicted molar refractivity (Wildman–Crippen MR) is 105 cm³/mol. The van der Waals surface area contributed by atoms with Gasteiger partial charge in [-0.05, 0) is 25.5 Å². The zero-order valence-corrected chi connectivity index (χ0v) is 16.3. The third-order valence-corrected chi connectivity index (χ3v) is 4.08. The van der Waals surface area contributed by atoms with Crippen LogP contribution in [0.1, 0.15) is 34.9 Å². The molecule has 0 atom stereocenters. The van der Waals surface area contributed by atoms with Gasteiger partial charge < -0.3 is 15.0 Å². The number of nitrogens with zero attached hydrogens (tertiary/aromatic N) is 3. The number of nitrogens with one attached hydrogen (secondary N) is 1. The number of aromatic nitrogens is 1. The number of hydrogen-bond acceptors (Lipinski definition) is 6. The first-order valence-electron chi connectivity index (χ1n) is 8.62. The molecule has 1 aromatic heterocycles. The summed E-state index contributed by atoms with van der Waals surface area (Å²) >= 11 is 0.